The van der Waals surface area contributed by atoms with Gasteiger partial charge in [-0.3, -0.25) is 9.89 Å². The summed E-state index contributed by atoms with van der Waals surface area (Å²) in [6.45, 7) is 0.702. The topological polar surface area (TPSA) is 61.9 Å². The first-order chi connectivity index (χ1) is 12.2. The predicted octanol–water partition coefficient (Wildman–Crippen LogP) is 3.29. The van der Waals surface area contributed by atoms with Crippen LogP contribution in [0.3, 0.4) is 0 Å². The van der Waals surface area contributed by atoms with Crippen molar-refractivity contribution in [3.63, 3.8) is 0 Å². The standard InChI is InChI=1S/C18H15FN4OS/c19-14-7-3-2-6-13(14)17-20-18(22-21-17)25-11-16(24)23-10-9-12-5-1-4-8-15(12)23/h1-8H,9-11H2,(H,20,21,22). The predicted molar refractivity (Wildman–Crippen MR) is 95.0 cm³/mol. The molecule has 0 fully saturated rings. The summed E-state index contributed by atoms with van der Waals surface area (Å²) in [6, 6.07) is 14.3. The van der Waals surface area contributed by atoms with Gasteiger partial charge in [0.2, 0.25) is 11.1 Å². The Bertz CT molecular complexity index is 927. The summed E-state index contributed by atoms with van der Waals surface area (Å²) in [5.41, 5.74) is 2.54. The Kier molecular flexibility index (Phi) is 4.23. The molecule has 0 bridgehead atoms. The number of carbonyl (C=O) groups is 1. The van der Waals surface area contributed by atoms with Gasteiger partial charge in [0.05, 0.1) is 11.3 Å². The highest BCUT2D eigenvalue weighted by atomic mass is 32.2. The molecule has 1 amide bonds. The smallest absolute Gasteiger partial charge is 0.237 e. The summed E-state index contributed by atoms with van der Waals surface area (Å²) >= 11 is 1.24. The quantitative estimate of drug-likeness (QED) is 0.731. The Morgan fingerprint density at radius 2 is 2.00 bits per heavy atom. The molecule has 0 unspecified atom stereocenters. The average molecular weight is 354 g/mol. The Morgan fingerprint density at radius 1 is 1.20 bits per heavy atom. The van der Waals surface area contributed by atoms with E-state index in [1.54, 1.807) is 23.1 Å². The number of hydrogen-bond donors (Lipinski definition) is 1. The molecule has 3 aromatic rings. The molecule has 0 aliphatic carbocycles. The highest BCUT2D eigenvalue weighted by molar-refractivity contribution is 7.99. The summed E-state index contributed by atoms with van der Waals surface area (Å²) in [6.07, 6.45) is 0.880. The lowest BCUT2D eigenvalue weighted by molar-refractivity contribution is -0.116. The molecule has 25 heavy (non-hydrogen) atoms. The fraction of sp³-hybridized carbons (Fsp3) is 0.167. The van der Waals surface area contributed by atoms with E-state index in [0.29, 0.717) is 23.1 Å². The van der Waals surface area contributed by atoms with Gasteiger partial charge in [-0.05, 0) is 30.2 Å². The number of amides is 1. The summed E-state index contributed by atoms with van der Waals surface area (Å²) in [4.78, 5) is 18.6. The molecule has 126 valence electrons. The van der Waals surface area contributed by atoms with Crippen LogP contribution >= 0.6 is 11.8 Å². The number of halogens is 1. The van der Waals surface area contributed by atoms with E-state index in [1.807, 2.05) is 24.3 Å². The molecule has 1 N–H and O–H groups in total. The summed E-state index contributed by atoms with van der Waals surface area (Å²) < 4.78 is 13.8. The van der Waals surface area contributed by atoms with Crippen LogP contribution in [-0.4, -0.2) is 33.4 Å². The Balaban J connectivity index is 1.43. The Labute approximate surface area is 148 Å². The first kappa shape index (κ1) is 15.8. The molecule has 0 radical (unpaired) electrons. The van der Waals surface area contributed by atoms with Gasteiger partial charge in [-0.2, -0.15) is 0 Å². The fourth-order valence-electron chi connectivity index (χ4n) is 2.89. The van der Waals surface area contributed by atoms with Crippen molar-refractivity contribution in [1.82, 2.24) is 15.2 Å². The number of nitrogens with zero attached hydrogens (tertiary/aromatic N) is 3. The van der Waals surface area contributed by atoms with E-state index < -0.39 is 0 Å². The van der Waals surface area contributed by atoms with Crippen molar-refractivity contribution in [1.29, 1.82) is 0 Å². The first-order valence-corrected chi connectivity index (χ1v) is 8.89. The number of anilines is 1. The average Bonchev–Trinajstić information content (AvgIpc) is 3.27. The molecular weight excluding hydrogens is 339 g/mol. The third-order valence-corrected chi connectivity index (χ3v) is 4.94. The number of aromatic amines is 1. The van der Waals surface area contributed by atoms with Gasteiger partial charge >= 0.3 is 0 Å². The number of carbonyl (C=O) groups excluding carboxylic acids is 1. The second-order valence-corrected chi connectivity index (χ2v) is 6.60. The van der Waals surface area contributed by atoms with Crippen LogP contribution < -0.4 is 4.90 Å². The zero-order valence-corrected chi connectivity index (χ0v) is 14.1. The molecular formula is C18H15FN4OS. The number of hydrogen-bond acceptors (Lipinski definition) is 4. The van der Waals surface area contributed by atoms with Gasteiger partial charge in [0.1, 0.15) is 5.82 Å². The van der Waals surface area contributed by atoms with Crippen LogP contribution in [0.15, 0.2) is 53.7 Å². The van der Waals surface area contributed by atoms with Crippen molar-refractivity contribution in [3.05, 3.63) is 59.9 Å². The van der Waals surface area contributed by atoms with Crippen molar-refractivity contribution in [3.8, 4) is 11.4 Å². The molecule has 5 nitrogen and oxygen atoms in total. The monoisotopic (exact) mass is 354 g/mol. The molecule has 0 spiro atoms. The van der Waals surface area contributed by atoms with Gasteiger partial charge in [-0.15, -0.1) is 5.10 Å². The van der Waals surface area contributed by atoms with Gasteiger partial charge < -0.3 is 4.90 Å². The van der Waals surface area contributed by atoms with Gasteiger partial charge in [-0.1, -0.05) is 42.1 Å². The number of benzene rings is 2. The molecule has 2 heterocycles. The van der Waals surface area contributed by atoms with E-state index in [2.05, 4.69) is 15.2 Å². The van der Waals surface area contributed by atoms with Crippen LogP contribution in [0.4, 0.5) is 10.1 Å². The zero-order chi connectivity index (χ0) is 17.2. The van der Waals surface area contributed by atoms with E-state index in [9.17, 15) is 9.18 Å². The van der Waals surface area contributed by atoms with Gasteiger partial charge in [0, 0.05) is 12.2 Å². The van der Waals surface area contributed by atoms with Gasteiger partial charge in [0.25, 0.3) is 0 Å². The highest BCUT2D eigenvalue weighted by Gasteiger charge is 2.24. The van der Waals surface area contributed by atoms with Crippen LogP contribution in [0.25, 0.3) is 11.4 Å². The third kappa shape index (κ3) is 3.15. The lowest BCUT2D eigenvalue weighted by Gasteiger charge is -2.16. The summed E-state index contributed by atoms with van der Waals surface area (Å²) in [5.74, 6) is 0.259. The highest BCUT2D eigenvalue weighted by Crippen LogP contribution is 2.28. The molecule has 2 aromatic carbocycles. The van der Waals surface area contributed by atoms with Crippen LogP contribution in [-0.2, 0) is 11.2 Å². The summed E-state index contributed by atoms with van der Waals surface area (Å²) in [5, 5.41) is 7.22. The van der Waals surface area contributed by atoms with Gasteiger partial charge in [-0.25, -0.2) is 9.37 Å². The number of para-hydroxylation sites is 1. The number of fused-ring (bicyclic) bond motifs is 1. The maximum Gasteiger partial charge on any atom is 0.237 e. The number of rotatable bonds is 4. The van der Waals surface area contributed by atoms with Crippen molar-refractivity contribution in [2.24, 2.45) is 0 Å². The fourth-order valence-corrected chi connectivity index (χ4v) is 3.56. The minimum absolute atomic E-state index is 0.0205. The molecule has 0 saturated heterocycles. The Morgan fingerprint density at radius 3 is 2.88 bits per heavy atom. The van der Waals surface area contributed by atoms with Crippen LogP contribution in [0.5, 0.6) is 0 Å². The minimum Gasteiger partial charge on any atom is -0.311 e. The number of thioether (sulfide) groups is 1. The van der Waals surface area contributed by atoms with E-state index in [1.165, 1.54) is 23.4 Å². The number of aromatic nitrogens is 3. The molecule has 1 aliphatic heterocycles. The van der Waals surface area contributed by atoms with Crippen molar-refractivity contribution in [2.75, 3.05) is 17.2 Å². The van der Waals surface area contributed by atoms with E-state index in [0.717, 1.165) is 12.1 Å². The SMILES string of the molecule is O=C(CSc1n[nH]c(-c2ccccc2F)n1)N1CCc2ccccc21. The molecule has 0 saturated carbocycles. The Hall–Kier alpha value is -2.67. The molecule has 4 rings (SSSR count). The van der Waals surface area contributed by atoms with Crippen molar-refractivity contribution < 1.29 is 9.18 Å². The summed E-state index contributed by atoms with van der Waals surface area (Å²) in [7, 11) is 0. The first-order valence-electron chi connectivity index (χ1n) is 7.91. The maximum atomic E-state index is 13.8. The van der Waals surface area contributed by atoms with E-state index >= 15 is 0 Å². The maximum absolute atomic E-state index is 13.8. The normalized spacial score (nSPS) is 13.1. The van der Waals surface area contributed by atoms with Crippen LogP contribution in [0.2, 0.25) is 0 Å². The largest absolute Gasteiger partial charge is 0.311 e. The van der Waals surface area contributed by atoms with Crippen molar-refractivity contribution in [2.45, 2.75) is 11.6 Å². The minimum atomic E-state index is -0.361. The third-order valence-electron chi connectivity index (χ3n) is 4.11. The number of H-pyrrole nitrogens is 1. The second kappa shape index (κ2) is 6.68. The molecule has 1 aliphatic rings. The van der Waals surface area contributed by atoms with Crippen LogP contribution in [0, 0.1) is 5.82 Å². The molecule has 0 atom stereocenters. The lowest BCUT2D eigenvalue weighted by atomic mass is 10.2. The second-order valence-electron chi connectivity index (χ2n) is 5.66. The molecule has 7 heteroatoms. The number of nitrogens with one attached hydrogen (secondary N) is 1. The van der Waals surface area contributed by atoms with Crippen molar-refractivity contribution >= 4 is 23.4 Å². The van der Waals surface area contributed by atoms with E-state index in [-0.39, 0.29) is 17.5 Å². The van der Waals surface area contributed by atoms with Gasteiger partial charge in [0.15, 0.2) is 5.82 Å². The van der Waals surface area contributed by atoms with Crippen LogP contribution in [0.1, 0.15) is 5.56 Å². The zero-order valence-electron chi connectivity index (χ0n) is 13.3. The molecule has 1 aromatic heterocycles. The van der Waals surface area contributed by atoms with E-state index in [4.69, 9.17) is 0 Å². The lowest BCUT2D eigenvalue weighted by Crippen LogP contribution is -2.30.